The summed E-state index contributed by atoms with van der Waals surface area (Å²) in [6.07, 6.45) is 3.32. The number of rotatable bonds is 3. The monoisotopic (exact) mass is 266 g/mol. The van der Waals surface area contributed by atoms with Crippen LogP contribution in [0.15, 0.2) is 12.1 Å². The zero-order valence-corrected chi connectivity index (χ0v) is 11.5. The van der Waals surface area contributed by atoms with E-state index in [4.69, 9.17) is 0 Å². The lowest BCUT2D eigenvalue weighted by molar-refractivity contribution is -0.114. The summed E-state index contributed by atoms with van der Waals surface area (Å²) >= 11 is 1.31. The Kier molecular flexibility index (Phi) is 4.01. The van der Waals surface area contributed by atoms with Gasteiger partial charge in [-0.05, 0) is 37.3 Å². The number of hydrogen-bond donors (Lipinski definition) is 2. The van der Waals surface area contributed by atoms with E-state index in [1.165, 1.54) is 24.7 Å². The van der Waals surface area contributed by atoms with Gasteiger partial charge in [-0.25, -0.2) is 0 Å². The summed E-state index contributed by atoms with van der Waals surface area (Å²) in [4.78, 5) is 23.5. The molecule has 98 valence electrons. The molecule has 0 spiro atoms. The van der Waals surface area contributed by atoms with Crippen LogP contribution in [0.3, 0.4) is 0 Å². The van der Waals surface area contributed by atoms with Gasteiger partial charge in [0, 0.05) is 13.0 Å². The van der Waals surface area contributed by atoms with Crippen LogP contribution < -0.4 is 10.6 Å². The summed E-state index contributed by atoms with van der Waals surface area (Å²) in [5, 5.41) is 6.45. The molecular formula is C13H18N2O2S. The normalized spacial score (nSPS) is 22.8. The number of anilines is 1. The molecule has 0 aromatic carbocycles. The van der Waals surface area contributed by atoms with Crippen molar-refractivity contribution in [2.75, 3.05) is 5.32 Å². The van der Waals surface area contributed by atoms with Crippen LogP contribution in [0, 0.1) is 5.92 Å². The Bertz CT molecular complexity index is 456. The third kappa shape index (κ3) is 3.32. The van der Waals surface area contributed by atoms with Gasteiger partial charge in [0.25, 0.3) is 5.91 Å². The number of nitrogens with one attached hydrogen (secondary N) is 2. The minimum Gasteiger partial charge on any atom is -0.349 e. The molecule has 0 bridgehead atoms. The Morgan fingerprint density at radius 2 is 2.11 bits per heavy atom. The van der Waals surface area contributed by atoms with Gasteiger partial charge in [0.15, 0.2) is 0 Å². The first-order valence-electron chi connectivity index (χ1n) is 6.23. The fourth-order valence-electron chi connectivity index (χ4n) is 2.30. The van der Waals surface area contributed by atoms with Crippen molar-refractivity contribution >= 4 is 28.2 Å². The number of amides is 2. The predicted octanol–water partition coefficient (Wildman–Crippen LogP) is 2.62. The number of hydrogen-bond acceptors (Lipinski definition) is 3. The summed E-state index contributed by atoms with van der Waals surface area (Å²) in [6.45, 7) is 3.67. The zero-order valence-electron chi connectivity index (χ0n) is 10.7. The minimum atomic E-state index is -0.117. The standard InChI is InChI=1S/C13H18N2O2S/c1-8-3-4-10(7-8)15-13(17)11-5-6-12(18-11)14-9(2)16/h5-6,8,10H,3-4,7H2,1-2H3,(H,14,16)(H,15,17). The fourth-order valence-corrected chi connectivity index (χ4v) is 3.15. The molecule has 5 heteroatoms. The van der Waals surface area contributed by atoms with Crippen LogP contribution in [0.2, 0.25) is 0 Å². The Hall–Kier alpha value is -1.36. The summed E-state index contributed by atoms with van der Waals surface area (Å²) in [5.41, 5.74) is 0. The topological polar surface area (TPSA) is 58.2 Å². The highest BCUT2D eigenvalue weighted by Gasteiger charge is 2.23. The molecule has 1 aromatic rings. The average molecular weight is 266 g/mol. The van der Waals surface area contributed by atoms with Crippen molar-refractivity contribution in [3.8, 4) is 0 Å². The zero-order chi connectivity index (χ0) is 13.1. The van der Waals surface area contributed by atoms with Crippen LogP contribution in [0.1, 0.15) is 42.8 Å². The van der Waals surface area contributed by atoms with E-state index < -0.39 is 0 Å². The Morgan fingerprint density at radius 1 is 1.33 bits per heavy atom. The highest BCUT2D eigenvalue weighted by molar-refractivity contribution is 7.18. The van der Waals surface area contributed by atoms with Gasteiger partial charge in [0.2, 0.25) is 5.91 Å². The second kappa shape index (κ2) is 5.52. The van der Waals surface area contributed by atoms with E-state index in [0.29, 0.717) is 21.8 Å². The smallest absolute Gasteiger partial charge is 0.261 e. The van der Waals surface area contributed by atoms with Crippen LogP contribution in [-0.2, 0) is 4.79 Å². The molecular weight excluding hydrogens is 248 g/mol. The minimum absolute atomic E-state index is 0.0318. The molecule has 1 aliphatic rings. The van der Waals surface area contributed by atoms with Crippen molar-refractivity contribution in [1.29, 1.82) is 0 Å². The van der Waals surface area contributed by atoms with Crippen LogP contribution in [0.5, 0.6) is 0 Å². The maximum Gasteiger partial charge on any atom is 0.261 e. The fraction of sp³-hybridized carbons (Fsp3) is 0.538. The molecule has 4 nitrogen and oxygen atoms in total. The maximum absolute atomic E-state index is 12.0. The van der Waals surface area contributed by atoms with Crippen molar-refractivity contribution in [3.05, 3.63) is 17.0 Å². The van der Waals surface area contributed by atoms with Crippen molar-refractivity contribution in [2.45, 2.75) is 39.2 Å². The SMILES string of the molecule is CC(=O)Nc1ccc(C(=O)NC2CCC(C)C2)s1. The van der Waals surface area contributed by atoms with Gasteiger partial charge >= 0.3 is 0 Å². The summed E-state index contributed by atoms with van der Waals surface area (Å²) in [6, 6.07) is 3.82. The number of thiophene rings is 1. The lowest BCUT2D eigenvalue weighted by atomic mass is 10.1. The summed E-state index contributed by atoms with van der Waals surface area (Å²) in [7, 11) is 0. The molecule has 2 amide bonds. The highest BCUT2D eigenvalue weighted by atomic mass is 32.1. The molecule has 2 rings (SSSR count). The van der Waals surface area contributed by atoms with E-state index in [1.54, 1.807) is 12.1 Å². The van der Waals surface area contributed by atoms with Gasteiger partial charge in [0.1, 0.15) is 0 Å². The molecule has 0 saturated heterocycles. The first kappa shape index (κ1) is 13.1. The number of carbonyl (C=O) groups is 2. The number of carbonyl (C=O) groups excluding carboxylic acids is 2. The van der Waals surface area contributed by atoms with E-state index in [2.05, 4.69) is 17.6 Å². The Morgan fingerprint density at radius 3 is 2.72 bits per heavy atom. The summed E-state index contributed by atoms with van der Waals surface area (Å²) < 4.78 is 0. The van der Waals surface area contributed by atoms with Gasteiger partial charge in [-0.1, -0.05) is 6.92 Å². The molecule has 2 atom stereocenters. The van der Waals surface area contributed by atoms with E-state index >= 15 is 0 Å². The van der Waals surface area contributed by atoms with Crippen LogP contribution in [0.4, 0.5) is 5.00 Å². The maximum atomic E-state index is 12.0. The van der Waals surface area contributed by atoms with E-state index in [1.807, 2.05) is 0 Å². The molecule has 1 heterocycles. The van der Waals surface area contributed by atoms with Gasteiger partial charge < -0.3 is 10.6 Å². The molecule has 0 aliphatic heterocycles. The lowest BCUT2D eigenvalue weighted by Gasteiger charge is -2.11. The Labute approximate surface area is 111 Å². The largest absolute Gasteiger partial charge is 0.349 e. The van der Waals surface area contributed by atoms with Gasteiger partial charge in [-0.2, -0.15) is 0 Å². The highest BCUT2D eigenvalue weighted by Crippen LogP contribution is 2.26. The van der Waals surface area contributed by atoms with E-state index in [0.717, 1.165) is 12.8 Å². The van der Waals surface area contributed by atoms with Crippen molar-refractivity contribution in [1.82, 2.24) is 5.32 Å². The Balaban J connectivity index is 1.92. The average Bonchev–Trinajstić information content (AvgIpc) is 2.87. The lowest BCUT2D eigenvalue weighted by Crippen LogP contribution is -2.32. The third-order valence-electron chi connectivity index (χ3n) is 3.16. The van der Waals surface area contributed by atoms with Crippen LogP contribution >= 0.6 is 11.3 Å². The summed E-state index contributed by atoms with van der Waals surface area (Å²) in [5.74, 6) is 0.553. The molecule has 2 unspecified atom stereocenters. The molecule has 1 fully saturated rings. The van der Waals surface area contributed by atoms with Gasteiger partial charge in [0.05, 0.1) is 9.88 Å². The molecule has 0 radical (unpaired) electrons. The second-order valence-corrected chi connectivity index (χ2v) is 6.02. The molecule has 18 heavy (non-hydrogen) atoms. The second-order valence-electron chi connectivity index (χ2n) is 4.93. The van der Waals surface area contributed by atoms with Crippen molar-refractivity contribution < 1.29 is 9.59 Å². The molecule has 1 aromatic heterocycles. The van der Waals surface area contributed by atoms with Crippen LogP contribution in [0.25, 0.3) is 0 Å². The van der Waals surface area contributed by atoms with E-state index in [9.17, 15) is 9.59 Å². The quantitative estimate of drug-likeness (QED) is 0.883. The van der Waals surface area contributed by atoms with Crippen molar-refractivity contribution in [3.63, 3.8) is 0 Å². The van der Waals surface area contributed by atoms with Gasteiger partial charge in [-0.3, -0.25) is 9.59 Å². The molecule has 2 N–H and O–H groups in total. The molecule has 1 aliphatic carbocycles. The van der Waals surface area contributed by atoms with Crippen LogP contribution in [-0.4, -0.2) is 17.9 Å². The predicted molar refractivity (Wildman–Crippen MR) is 72.9 cm³/mol. The first-order chi connectivity index (χ1) is 8.54. The molecule has 1 saturated carbocycles. The van der Waals surface area contributed by atoms with Gasteiger partial charge in [-0.15, -0.1) is 11.3 Å². The van der Waals surface area contributed by atoms with E-state index in [-0.39, 0.29) is 11.8 Å². The first-order valence-corrected chi connectivity index (χ1v) is 7.04. The van der Waals surface area contributed by atoms with Crippen molar-refractivity contribution in [2.24, 2.45) is 5.92 Å². The third-order valence-corrected chi connectivity index (χ3v) is 4.16.